The fourth-order valence-corrected chi connectivity index (χ4v) is 3.30. The second kappa shape index (κ2) is 7.33. The number of nitrogens with one attached hydrogen (secondary N) is 1. The number of hydrogen-bond donors (Lipinski definition) is 1. The number of rotatable bonds is 4. The van der Waals surface area contributed by atoms with Crippen molar-refractivity contribution in [2.75, 3.05) is 11.9 Å². The molecule has 1 aromatic heterocycles. The molecule has 1 heterocycles. The Morgan fingerprint density at radius 3 is 2.65 bits per heavy atom. The van der Waals surface area contributed by atoms with E-state index >= 15 is 0 Å². The van der Waals surface area contributed by atoms with E-state index < -0.39 is 5.63 Å². The maximum Gasteiger partial charge on any atom is 0.336 e. The van der Waals surface area contributed by atoms with Crippen LogP contribution in [-0.2, 0) is 4.79 Å². The molecular formula is C20H18BrNO4. The predicted octanol–water partition coefficient (Wildman–Crippen LogP) is 4.50. The Morgan fingerprint density at radius 2 is 1.92 bits per heavy atom. The van der Waals surface area contributed by atoms with Crippen molar-refractivity contribution in [3.05, 3.63) is 68.0 Å². The van der Waals surface area contributed by atoms with Crippen molar-refractivity contribution in [1.29, 1.82) is 0 Å². The van der Waals surface area contributed by atoms with E-state index in [-0.39, 0.29) is 12.5 Å². The number of benzene rings is 2. The van der Waals surface area contributed by atoms with Crippen molar-refractivity contribution in [2.24, 2.45) is 0 Å². The van der Waals surface area contributed by atoms with Crippen molar-refractivity contribution < 1.29 is 13.9 Å². The number of ether oxygens (including phenoxy) is 1. The molecule has 0 radical (unpaired) electrons. The monoisotopic (exact) mass is 415 g/mol. The number of carbonyl (C=O) groups excluding carboxylic acids is 1. The summed E-state index contributed by atoms with van der Waals surface area (Å²) in [5.41, 5.74) is 3.38. The molecule has 2 aromatic carbocycles. The lowest BCUT2D eigenvalue weighted by atomic mass is 10.1. The van der Waals surface area contributed by atoms with Crippen LogP contribution in [0.1, 0.15) is 16.7 Å². The van der Waals surface area contributed by atoms with Crippen LogP contribution in [0.25, 0.3) is 11.0 Å². The van der Waals surface area contributed by atoms with E-state index in [4.69, 9.17) is 9.15 Å². The van der Waals surface area contributed by atoms with Gasteiger partial charge in [0.15, 0.2) is 6.61 Å². The van der Waals surface area contributed by atoms with E-state index in [1.807, 2.05) is 38.1 Å². The number of aryl methyl sites for hydroxylation is 3. The maximum absolute atomic E-state index is 12.2. The first-order chi connectivity index (χ1) is 12.3. The van der Waals surface area contributed by atoms with Crippen LogP contribution in [0, 0.1) is 20.8 Å². The van der Waals surface area contributed by atoms with E-state index in [1.165, 1.54) is 6.07 Å². The molecule has 1 N–H and O–H groups in total. The summed E-state index contributed by atoms with van der Waals surface area (Å²) in [6.07, 6.45) is 0. The molecule has 5 nitrogen and oxygen atoms in total. The molecule has 3 aromatic rings. The van der Waals surface area contributed by atoms with Gasteiger partial charge in [-0.05, 0) is 72.1 Å². The fraction of sp³-hybridized carbons (Fsp3) is 0.200. The summed E-state index contributed by atoms with van der Waals surface area (Å²) in [5, 5.41) is 3.65. The first kappa shape index (κ1) is 18.2. The molecule has 0 aliphatic heterocycles. The summed E-state index contributed by atoms with van der Waals surface area (Å²) in [4.78, 5) is 23.8. The van der Waals surface area contributed by atoms with Crippen LogP contribution in [0.5, 0.6) is 5.75 Å². The zero-order chi connectivity index (χ0) is 18.8. The highest BCUT2D eigenvalue weighted by Crippen LogP contribution is 2.28. The van der Waals surface area contributed by atoms with Gasteiger partial charge in [0.1, 0.15) is 11.3 Å². The largest absolute Gasteiger partial charge is 0.483 e. The van der Waals surface area contributed by atoms with E-state index in [0.717, 1.165) is 21.0 Å². The SMILES string of the molecule is Cc1ccc(NC(=O)COc2ccc3c(C)cc(=O)oc3c2C)c(Br)c1. The van der Waals surface area contributed by atoms with Gasteiger partial charge in [-0.15, -0.1) is 0 Å². The Bertz CT molecular complexity index is 1060. The van der Waals surface area contributed by atoms with E-state index in [9.17, 15) is 9.59 Å². The van der Waals surface area contributed by atoms with Crippen LogP contribution >= 0.6 is 15.9 Å². The molecule has 3 rings (SSSR count). The fourth-order valence-electron chi connectivity index (χ4n) is 2.71. The third-order valence-electron chi connectivity index (χ3n) is 4.08. The summed E-state index contributed by atoms with van der Waals surface area (Å²) in [5.74, 6) is 0.226. The van der Waals surface area contributed by atoms with Crippen molar-refractivity contribution in [3.8, 4) is 5.75 Å². The van der Waals surface area contributed by atoms with Crippen molar-refractivity contribution >= 4 is 38.5 Å². The predicted molar refractivity (Wildman–Crippen MR) is 105 cm³/mol. The van der Waals surface area contributed by atoms with Crippen LogP contribution in [-0.4, -0.2) is 12.5 Å². The van der Waals surface area contributed by atoms with Crippen LogP contribution in [0.2, 0.25) is 0 Å². The molecule has 26 heavy (non-hydrogen) atoms. The van der Waals surface area contributed by atoms with Gasteiger partial charge in [0, 0.05) is 21.5 Å². The maximum atomic E-state index is 12.2. The lowest BCUT2D eigenvalue weighted by Gasteiger charge is -2.12. The first-order valence-electron chi connectivity index (χ1n) is 8.08. The topological polar surface area (TPSA) is 68.5 Å². The Labute approximate surface area is 159 Å². The molecule has 0 aliphatic carbocycles. The minimum absolute atomic E-state index is 0.150. The van der Waals surface area contributed by atoms with Gasteiger partial charge in [-0.25, -0.2) is 4.79 Å². The number of halogens is 1. The molecular weight excluding hydrogens is 398 g/mol. The van der Waals surface area contributed by atoms with Gasteiger partial charge in [-0.3, -0.25) is 4.79 Å². The summed E-state index contributed by atoms with van der Waals surface area (Å²) in [6.45, 7) is 5.48. The Balaban J connectivity index is 1.76. The minimum Gasteiger partial charge on any atom is -0.483 e. The smallest absolute Gasteiger partial charge is 0.336 e. The highest BCUT2D eigenvalue weighted by atomic mass is 79.9. The molecule has 6 heteroatoms. The number of hydrogen-bond acceptors (Lipinski definition) is 4. The van der Waals surface area contributed by atoms with Crippen LogP contribution in [0.4, 0.5) is 5.69 Å². The van der Waals surface area contributed by atoms with Gasteiger partial charge >= 0.3 is 5.63 Å². The van der Waals surface area contributed by atoms with Gasteiger partial charge in [-0.1, -0.05) is 6.07 Å². The number of amides is 1. The average Bonchev–Trinajstić information content (AvgIpc) is 2.57. The summed E-state index contributed by atoms with van der Waals surface area (Å²) in [7, 11) is 0. The summed E-state index contributed by atoms with van der Waals surface area (Å²) < 4.78 is 11.7. The van der Waals surface area contributed by atoms with E-state index in [1.54, 1.807) is 13.0 Å². The van der Waals surface area contributed by atoms with Crippen molar-refractivity contribution in [2.45, 2.75) is 20.8 Å². The standard InChI is InChI=1S/C20H18BrNO4/c1-11-4-6-16(15(21)8-11)22-18(23)10-25-17-7-5-14-12(2)9-19(24)26-20(14)13(17)3/h4-9H,10H2,1-3H3,(H,22,23). The van der Waals surface area contributed by atoms with Crippen molar-refractivity contribution in [1.82, 2.24) is 0 Å². The van der Waals surface area contributed by atoms with Crippen LogP contribution in [0.3, 0.4) is 0 Å². The van der Waals surface area contributed by atoms with E-state index in [2.05, 4.69) is 21.2 Å². The molecule has 0 spiro atoms. The quantitative estimate of drug-likeness (QED) is 0.636. The van der Waals surface area contributed by atoms with Crippen LogP contribution < -0.4 is 15.7 Å². The highest BCUT2D eigenvalue weighted by molar-refractivity contribution is 9.10. The van der Waals surface area contributed by atoms with Crippen molar-refractivity contribution in [3.63, 3.8) is 0 Å². The zero-order valence-corrected chi connectivity index (χ0v) is 16.3. The summed E-state index contributed by atoms with van der Waals surface area (Å²) in [6, 6.07) is 10.7. The molecule has 0 atom stereocenters. The Kier molecular flexibility index (Phi) is 5.13. The molecule has 0 saturated carbocycles. The molecule has 0 fully saturated rings. The number of carbonyl (C=O) groups is 1. The second-order valence-electron chi connectivity index (χ2n) is 6.13. The lowest BCUT2D eigenvalue weighted by Crippen LogP contribution is -2.20. The van der Waals surface area contributed by atoms with Gasteiger partial charge in [-0.2, -0.15) is 0 Å². The van der Waals surface area contributed by atoms with Gasteiger partial charge in [0.05, 0.1) is 5.69 Å². The second-order valence-corrected chi connectivity index (χ2v) is 6.99. The van der Waals surface area contributed by atoms with E-state index in [0.29, 0.717) is 22.6 Å². The Hall–Kier alpha value is -2.60. The third kappa shape index (κ3) is 3.80. The van der Waals surface area contributed by atoms with Gasteiger partial charge < -0.3 is 14.5 Å². The Morgan fingerprint density at radius 1 is 1.15 bits per heavy atom. The molecule has 134 valence electrons. The number of anilines is 1. The summed E-state index contributed by atoms with van der Waals surface area (Å²) >= 11 is 3.43. The van der Waals surface area contributed by atoms with Gasteiger partial charge in [0.25, 0.3) is 5.91 Å². The molecule has 0 unspecified atom stereocenters. The molecule has 0 aliphatic rings. The number of fused-ring (bicyclic) bond motifs is 1. The molecule has 0 saturated heterocycles. The highest BCUT2D eigenvalue weighted by Gasteiger charge is 2.12. The lowest BCUT2D eigenvalue weighted by molar-refractivity contribution is -0.118. The zero-order valence-electron chi connectivity index (χ0n) is 14.7. The van der Waals surface area contributed by atoms with Gasteiger partial charge in [0.2, 0.25) is 0 Å². The molecule has 0 bridgehead atoms. The average molecular weight is 416 g/mol. The normalized spacial score (nSPS) is 10.8. The van der Waals surface area contributed by atoms with Crippen LogP contribution in [0.15, 0.2) is 50.1 Å². The first-order valence-corrected chi connectivity index (χ1v) is 8.87. The molecule has 1 amide bonds. The third-order valence-corrected chi connectivity index (χ3v) is 4.73. The minimum atomic E-state index is -0.405.